The van der Waals surface area contributed by atoms with Crippen LogP contribution in [0.5, 0.6) is 0 Å². The molecule has 0 amide bonds. The summed E-state index contributed by atoms with van der Waals surface area (Å²) in [5, 5.41) is 0. The normalized spacial score (nSPS) is 11.4. The standard InChI is InChI=1S/C23H32N4O2/c1-3-5-7-11-15-27-21(24)19(23(28)29-16-12-8-6-4-2)20-22(27)26-18-14-10-9-13-17(18)25-20/h9-10,13-14H,3-8,11-12,15-16,24H2,1-2H3. The molecule has 0 fully saturated rings. The van der Waals surface area contributed by atoms with Crippen LogP contribution in [-0.4, -0.2) is 27.1 Å². The molecule has 0 radical (unpaired) electrons. The Kier molecular flexibility index (Phi) is 7.44. The predicted octanol–water partition coefficient (Wildman–Crippen LogP) is 5.48. The van der Waals surface area contributed by atoms with Crippen molar-refractivity contribution in [2.45, 2.75) is 71.8 Å². The summed E-state index contributed by atoms with van der Waals surface area (Å²) in [6.45, 7) is 5.47. The molecule has 0 saturated carbocycles. The highest BCUT2D eigenvalue weighted by Gasteiger charge is 2.24. The zero-order chi connectivity index (χ0) is 20.6. The maximum atomic E-state index is 12.9. The van der Waals surface area contributed by atoms with Crippen LogP contribution in [0.4, 0.5) is 5.82 Å². The van der Waals surface area contributed by atoms with Crippen molar-refractivity contribution in [3.05, 3.63) is 29.8 Å². The Bertz CT molecular complexity index is 964. The molecule has 0 atom stereocenters. The Morgan fingerprint density at radius 3 is 2.31 bits per heavy atom. The van der Waals surface area contributed by atoms with E-state index in [0.29, 0.717) is 29.2 Å². The lowest BCUT2D eigenvalue weighted by atomic mass is 10.2. The summed E-state index contributed by atoms with van der Waals surface area (Å²) in [7, 11) is 0. The third kappa shape index (κ3) is 4.86. The Balaban J connectivity index is 1.93. The summed E-state index contributed by atoms with van der Waals surface area (Å²) in [6, 6.07) is 7.68. The topological polar surface area (TPSA) is 83.0 Å². The highest BCUT2D eigenvalue weighted by atomic mass is 16.5. The van der Waals surface area contributed by atoms with Gasteiger partial charge in [-0.15, -0.1) is 0 Å². The van der Waals surface area contributed by atoms with E-state index in [-0.39, 0.29) is 0 Å². The second-order valence-electron chi connectivity index (χ2n) is 7.55. The highest BCUT2D eigenvalue weighted by molar-refractivity contribution is 6.08. The number of hydrogen-bond donors (Lipinski definition) is 1. The molecular weight excluding hydrogens is 364 g/mol. The van der Waals surface area contributed by atoms with Crippen LogP contribution < -0.4 is 5.73 Å². The van der Waals surface area contributed by atoms with E-state index in [4.69, 9.17) is 20.4 Å². The van der Waals surface area contributed by atoms with E-state index in [1.807, 2.05) is 28.8 Å². The largest absolute Gasteiger partial charge is 0.462 e. The molecule has 3 aromatic rings. The van der Waals surface area contributed by atoms with E-state index in [1.54, 1.807) is 0 Å². The molecule has 6 heteroatoms. The van der Waals surface area contributed by atoms with Crippen molar-refractivity contribution in [1.82, 2.24) is 14.5 Å². The average molecular weight is 397 g/mol. The molecule has 0 saturated heterocycles. The van der Waals surface area contributed by atoms with E-state index in [2.05, 4.69) is 13.8 Å². The fourth-order valence-electron chi connectivity index (χ4n) is 3.61. The fourth-order valence-corrected chi connectivity index (χ4v) is 3.61. The third-order valence-corrected chi connectivity index (χ3v) is 5.26. The van der Waals surface area contributed by atoms with Crippen LogP contribution in [0.15, 0.2) is 24.3 Å². The Hall–Kier alpha value is -2.63. The lowest BCUT2D eigenvalue weighted by molar-refractivity contribution is 0.0501. The fraction of sp³-hybridized carbons (Fsp3) is 0.522. The number of fused-ring (bicyclic) bond motifs is 2. The van der Waals surface area contributed by atoms with Crippen LogP contribution >= 0.6 is 0 Å². The number of anilines is 1. The maximum absolute atomic E-state index is 12.9. The van der Waals surface area contributed by atoms with Crippen LogP contribution in [0.3, 0.4) is 0 Å². The molecular formula is C23H32N4O2. The minimum atomic E-state index is -0.402. The number of aryl methyl sites for hydroxylation is 1. The van der Waals surface area contributed by atoms with Crippen molar-refractivity contribution in [3.8, 4) is 0 Å². The second kappa shape index (κ2) is 10.2. The van der Waals surface area contributed by atoms with Gasteiger partial charge in [0.15, 0.2) is 5.65 Å². The number of para-hydroxylation sites is 2. The van der Waals surface area contributed by atoms with Crippen molar-refractivity contribution in [2.75, 3.05) is 12.3 Å². The van der Waals surface area contributed by atoms with Gasteiger partial charge in [0.25, 0.3) is 0 Å². The average Bonchev–Trinajstić information content (AvgIpc) is 2.99. The SMILES string of the molecule is CCCCCCOC(=O)c1c(N)n(CCCCCC)c2nc3ccccc3nc12. The van der Waals surface area contributed by atoms with Gasteiger partial charge >= 0.3 is 5.97 Å². The summed E-state index contributed by atoms with van der Waals surface area (Å²) in [4.78, 5) is 22.3. The first-order chi connectivity index (χ1) is 14.2. The zero-order valence-corrected chi connectivity index (χ0v) is 17.6. The molecule has 1 aromatic carbocycles. The van der Waals surface area contributed by atoms with Crippen molar-refractivity contribution >= 4 is 34.0 Å². The van der Waals surface area contributed by atoms with Crippen molar-refractivity contribution in [2.24, 2.45) is 0 Å². The van der Waals surface area contributed by atoms with Gasteiger partial charge in [0.2, 0.25) is 0 Å². The van der Waals surface area contributed by atoms with Crippen molar-refractivity contribution in [1.29, 1.82) is 0 Å². The summed E-state index contributed by atoms with van der Waals surface area (Å²) in [5.41, 5.74) is 9.53. The summed E-state index contributed by atoms with van der Waals surface area (Å²) in [6.07, 6.45) is 8.67. The summed E-state index contributed by atoms with van der Waals surface area (Å²) >= 11 is 0. The number of hydrogen-bond acceptors (Lipinski definition) is 5. The van der Waals surface area contributed by atoms with E-state index in [1.165, 1.54) is 12.8 Å². The Labute approximate surface area is 172 Å². The monoisotopic (exact) mass is 396 g/mol. The van der Waals surface area contributed by atoms with Gasteiger partial charge in [0.1, 0.15) is 16.9 Å². The van der Waals surface area contributed by atoms with Crippen LogP contribution in [0.1, 0.15) is 75.6 Å². The second-order valence-corrected chi connectivity index (χ2v) is 7.55. The number of nitrogens with two attached hydrogens (primary N) is 1. The molecule has 2 aromatic heterocycles. The minimum absolute atomic E-state index is 0.351. The Morgan fingerprint density at radius 2 is 1.62 bits per heavy atom. The van der Waals surface area contributed by atoms with Crippen LogP contribution in [0.25, 0.3) is 22.2 Å². The molecule has 2 heterocycles. The molecule has 0 aliphatic carbocycles. The molecule has 0 aliphatic heterocycles. The lowest BCUT2D eigenvalue weighted by Crippen LogP contribution is -2.11. The number of carbonyl (C=O) groups excluding carboxylic acids is 1. The number of unbranched alkanes of at least 4 members (excludes halogenated alkanes) is 6. The van der Waals surface area contributed by atoms with Gasteiger partial charge in [-0.3, -0.25) is 0 Å². The quantitative estimate of drug-likeness (QED) is 0.342. The lowest BCUT2D eigenvalue weighted by Gasteiger charge is -2.08. The molecule has 3 rings (SSSR count). The molecule has 6 nitrogen and oxygen atoms in total. The molecule has 29 heavy (non-hydrogen) atoms. The van der Waals surface area contributed by atoms with Crippen molar-refractivity contribution in [3.63, 3.8) is 0 Å². The van der Waals surface area contributed by atoms with Gasteiger partial charge in [-0.05, 0) is 25.0 Å². The Morgan fingerprint density at radius 1 is 0.966 bits per heavy atom. The van der Waals surface area contributed by atoms with E-state index in [0.717, 1.165) is 56.1 Å². The first-order valence-corrected chi connectivity index (χ1v) is 10.9. The molecule has 156 valence electrons. The zero-order valence-electron chi connectivity index (χ0n) is 17.6. The van der Waals surface area contributed by atoms with Gasteiger partial charge in [-0.2, -0.15) is 0 Å². The van der Waals surface area contributed by atoms with Gasteiger partial charge in [0, 0.05) is 6.54 Å². The number of aromatic nitrogens is 3. The third-order valence-electron chi connectivity index (χ3n) is 5.26. The smallest absolute Gasteiger partial charge is 0.344 e. The van der Waals surface area contributed by atoms with E-state index >= 15 is 0 Å². The highest BCUT2D eigenvalue weighted by Crippen LogP contribution is 2.29. The number of nitrogens with zero attached hydrogens (tertiary/aromatic N) is 3. The molecule has 0 aliphatic rings. The van der Waals surface area contributed by atoms with E-state index in [9.17, 15) is 4.79 Å². The first kappa shape index (κ1) is 21.1. The summed E-state index contributed by atoms with van der Waals surface area (Å²) < 4.78 is 7.46. The van der Waals surface area contributed by atoms with Crippen molar-refractivity contribution < 1.29 is 9.53 Å². The number of nitrogen functional groups attached to an aromatic ring is 1. The molecule has 2 N–H and O–H groups in total. The number of esters is 1. The number of ether oxygens (including phenoxy) is 1. The molecule has 0 spiro atoms. The van der Waals surface area contributed by atoms with Crippen LogP contribution in [-0.2, 0) is 11.3 Å². The van der Waals surface area contributed by atoms with Crippen LogP contribution in [0.2, 0.25) is 0 Å². The van der Waals surface area contributed by atoms with Crippen LogP contribution in [0, 0.1) is 0 Å². The van der Waals surface area contributed by atoms with Gasteiger partial charge < -0.3 is 15.0 Å². The predicted molar refractivity (Wildman–Crippen MR) is 118 cm³/mol. The maximum Gasteiger partial charge on any atom is 0.344 e. The number of carbonyl (C=O) groups is 1. The first-order valence-electron chi connectivity index (χ1n) is 10.9. The van der Waals surface area contributed by atoms with Gasteiger partial charge in [-0.25, -0.2) is 14.8 Å². The number of rotatable bonds is 11. The van der Waals surface area contributed by atoms with Gasteiger partial charge in [0.05, 0.1) is 17.6 Å². The number of benzene rings is 1. The molecule has 0 unspecified atom stereocenters. The van der Waals surface area contributed by atoms with Gasteiger partial charge in [-0.1, -0.05) is 64.5 Å². The minimum Gasteiger partial charge on any atom is -0.462 e. The summed E-state index contributed by atoms with van der Waals surface area (Å²) in [5.74, 6) is 0.00579. The molecule has 0 bridgehead atoms. The van der Waals surface area contributed by atoms with E-state index < -0.39 is 5.97 Å².